The standard InChI is InChI=1S/C11H13NO2/c1-2-14-11(13)8-10(12)9-6-4-3-5-7-9/h3-8H,2,12H2,1H3. The van der Waals surface area contributed by atoms with Gasteiger partial charge in [-0.3, -0.25) is 0 Å². The van der Waals surface area contributed by atoms with Crippen molar-refractivity contribution in [2.75, 3.05) is 6.61 Å². The number of carbonyl (C=O) groups excluding carboxylic acids is 1. The summed E-state index contributed by atoms with van der Waals surface area (Å²) < 4.78 is 4.74. The Hall–Kier alpha value is -1.77. The number of benzene rings is 1. The topological polar surface area (TPSA) is 52.3 Å². The van der Waals surface area contributed by atoms with E-state index in [9.17, 15) is 4.79 Å². The minimum atomic E-state index is -0.408. The molecule has 1 aromatic rings. The fourth-order valence-electron chi connectivity index (χ4n) is 1.02. The van der Waals surface area contributed by atoms with Crippen molar-refractivity contribution in [2.45, 2.75) is 6.92 Å². The van der Waals surface area contributed by atoms with E-state index < -0.39 is 5.97 Å². The smallest absolute Gasteiger partial charge is 0.332 e. The van der Waals surface area contributed by atoms with Gasteiger partial charge in [0.2, 0.25) is 0 Å². The third-order valence-corrected chi connectivity index (χ3v) is 1.67. The monoisotopic (exact) mass is 191 g/mol. The predicted octanol–water partition coefficient (Wildman–Crippen LogP) is 1.55. The van der Waals surface area contributed by atoms with Crippen molar-refractivity contribution in [3.63, 3.8) is 0 Å². The molecule has 1 aromatic carbocycles. The van der Waals surface area contributed by atoms with E-state index in [4.69, 9.17) is 10.5 Å². The Morgan fingerprint density at radius 3 is 2.64 bits per heavy atom. The quantitative estimate of drug-likeness (QED) is 0.582. The summed E-state index contributed by atoms with van der Waals surface area (Å²) >= 11 is 0. The number of rotatable bonds is 3. The van der Waals surface area contributed by atoms with Crippen molar-refractivity contribution in [2.24, 2.45) is 5.73 Å². The third kappa shape index (κ3) is 2.94. The maximum absolute atomic E-state index is 11.0. The van der Waals surface area contributed by atoms with Crippen molar-refractivity contribution in [1.82, 2.24) is 0 Å². The van der Waals surface area contributed by atoms with E-state index >= 15 is 0 Å². The Morgan fingerprint density at radius 1 is 1.43 bits per heavy atom. The van der Waals surface area contributed by atoms with Crippen LogP contribution in [0, 0.1) is 0 Å². The molecule has 2 N–H and O–H groups in total. The molecule has 3 nitrogen and oxygen atoms in total. The fraction of sp³-hybridized carbons (Fsp3) is 0.182. The molecule has 0 radical (unpaired) electrons. The normalized spacial score (nSPS) is 11.1. The van der Waals surface area contributed by atoms with E-state index in [2.05, 4.69) is 0 Å². The summed E-state index contributed by atoms with van der Waals surface area (Å²) in [4.78, 5) is 11.0. The first-order chi connectivity index (χ1) is 6.74. The SMILES string of the molecule is CCOC(=O)C=C(N)c1ccccc1. The van der Waals surface area contributed by atoms with Gasteiger partial charge in [-0.15, -0.1) is 0 Å². The lowest BCUT2D eigenvalue weighted by molar-refractivity contribution is -0.137. The molecule has 14 heavy (non-hydrogen) atoms. The van der Waals surface area contributed by atoms with Crippen molar-refractivity contribution in [3.8, 4) is 0 Å². The van der Waals surface area contributed by atoms with Crippen LogP contribution in [0.15, 0.2) is 36.4 Å². The molecule has 0 saturated carbocycles. The number of hydrogen-bond acceptors (Lipinski definition) is 3. The number of nitrogens with two attached hydrogens (primary N) is 1. The third-order valence-electron chi connectivity index (χ3n) is 1.67. The molecule has 0 aliphatic heterocycles. The van der Waals surface area contributed by atoms with Gasteiger partial charge in [-0.25, -0.2) is 4.79 Å². The highest BCUT2D eigenvalue weighted by Gasteiger charge is 2.00. The molecular weight excluding hydrogens is 178 g/mol. The molecule has 0 bridgehead atoms. The average Bonchev–Trinajstić information content (AvgIpc) is 2.19. The lowest BCUT2D eigenvalue weighted by Crippen LogP contribution is -2.04. The van der Waals surface area contributed by atoms with Crippen molar-refractivity contribution < 1.29 is 9.53 Å². The van der Waals surface area contributed by atoms with Crippen LogP contribution >= 0.6 is 0 Å². The second-order valence-corrected chi connectivity index (χ2v) is 2.72. The largest absolute Gasteiger partial charge is 0.463 e. The van der Waals surface area contributed by atoms with Crippen molar-refractivity contribution in [3.05, 3.63) is 42.0 Å². The lowest BCUT2D eigenvalue weighted by atomic mass is 10.1. The number of esters is 1. The molecule has 0 aromatic heterocycles. The summed E-state index contributed by atoms with van der Waals surface area (Å²) in [5.41, 5.74) is 6.93. The van der Waals surface area contributed by atoms with Crippen molar-refractivity contribution >= 4 is 11.7 Å². The zero-order valence-corrected chi connectivity index (χ0v) is 8.07. The van der Waals surface area contributed by atoms with E-state index in [1.54, 1.807) is 6.92 Å². The van der Waals surface area contributed by atoms with Crippen LogP contribution < -0.4 is 5.73 Å². The van der Waals surface area contributed by atoms with Gasteiger partial charge in [0, 0.05) is 11.8 Å². The van der Waals surface area contributed by atoms with Gasteiger partial charge < -0.3 is 10.5 Å². The van der Waals surface area contributed by atoms with Crippen LogP contribution in [-0.2, 0) is 9.53 Å². The summed E-state index contributed by atoms with van der Waals surface area (Å²) in [6, 6.07) is 9.29. The zero-order valence-electron chi connectivity index (χ0n) is 8.07. The highest BCUT2D eigenvalue weighted by atomic mass is 16.5. The predicted molar refractivity (Wildman–Crippen MR) is 55.2 cm³/mol. The highest BCUT2D eigenvalue weighted by molar-refractivity contribution is 5.90. The number of hydrogen-bond donors (Lipinski definition) is 1. The summed E-state index contributed by atoms with van der Waals surface area (Å²) in [7, 11) is 0. The Bertz CT molecular complexity index is 330. The van der Waals surface area contributed by atoms with E-state index in [-0.39, 0.29) is 0 Å². The van der Waals surface area contributed by atoms with Crippen LogP contribution in [0.2, 0.25) is 0 Å². The first-order valence-electron chi connectivity index (χ1n) is 4.43. The molecule has 0 aliphatic rings. The summed E-state index contributed by atoms with van der Waals surface area (Å²) in [5.74, 6) is -0.408. The highest BCUT2D eigenvalue weighted by Crippen LogP contribution is 2.07. The first-order valence-corrected chi connectivity index (χ1v) is 4.43. The summed E-state index contributed by atoms with van der Waals surface area (Å²) in [6.45, 7) is 2.11. The second-order valence-electron chi connectivity index (χ2n) is 2.72. The molecule has 1 rings (SSSR count). The minimum absolute atomic E-state index is 0.359. The van der Waals surface area contributed by atoms with Gasteiger partial charge in [0.1, 0.15) is 0 Å². The van der Waals surface area contributed by atoms with Crippen LogP contribution in [0.4, 0.5) is 0 Å². The number of ether oxygens (including phenoxy) is 1. The maximum Gasteiger partial charge on any atom is 0.332 e. The first kappa shape index (κ1) is 10.3. The second kappa shape index (κ2) is 5.07. The van der Waals surface area contributed by atoms with Crippen LogP contribution in [-0.4, -0.2) is 12.6 Å². The maximum atomic E-state index is 11.0. The Kier molecular flexibility index (Phi) is 3.73. The van der Waals surface area contributed by atoms with E-state index in [0.717, 1.165) is 5.56 Å². The van der Waals surface area contributed by atoms with Crippen LogP contribution in [0.25, 0.3) is 5.70 Å². The Balaban J connectivity index is 2.75. The van der Waals surface area contributed by atoms with Gasteiger partial charge in [0.05, 0.1) is 6.61 Å². The molecule has 0 atom stereocenters. The van der Waals surface area contributed by atoms with Crippen LogP contribution in [0.5, 0.6) is 0 Å². The Labute approximate surface area is 83.2 Å². The lowest BCUT2D eigenvalue weighted by Gasteiger charge is -2.01. The van der Waals surface area contributed by atoms with Gasteiger partial charge in [0.25, 0.3) is 0 Å². The summed E-state index contributed by atoms with van der Waals surface area (Å²) in [5, 5.41) is 0. The molecule has 0 saturated heterocycles. The van der Waals surface area contributed by atoms with Gasteiger partial charge in [-0.05, 0) is 12.5 Å². The number of carbonyl (C=O) groups is 1. The van der Waals surface area contributed by atoms with Crippen molar-refractivity contribution in [1.29, 1.82) is 0 Å². The summed E-state index contributed by atoms with van der Waals surface area (Å²) in [6.07, 6.45) is 1.29. The molecule has 0 amide bonds. The molecule has 0 spiro atoms. The minimum Gasteiger partial charge on any atom is -0.463 e. The van der Waals surface area contributed by atoms with E-state index in [1.165, 1.54) is 6.08 Å². The average molecular weight is 191 g/mol. The van der Waals surface area contributed by atoms with Gasteiger partial charge in [-0.2, -0.15) is 0 Å². The van der Waals surface area contributed by atoms with Gasteiger partial charge in [-0.1, -0.05) is 30.3 Å². The zero-order chi connectivity index (χ0) is 10.4. The fourth-order valence-corrected chi connectivity index (χ4v) is 1.02. The van der Waals surface area contributed by atoms with Gasteiger partial charge >= 0.3 is 5.97 Å². The molecule has 74 valence electrons. The van der Waals surface area contributed by atoms with Crippen LogP contribution in [0.3, 0.4) is 0 Å². The Morgan fingerprint density at radius 2 is 2.07 bits per heavy atom. The van der Waals surface area contributed by atoms with E-state index in [1.807, 2.05) is 30.3 Å². The van der Waals surface area contributed by atoms with E-state index in [0.29, 0.717) is 12.3 Å². The molecule has 0 aliphatic carbocycles. The molecule has 3 heteroatoms. The van der Waals surface area contributed by atoms with Gasteiger partial charge in [0.15, 0.2) is 0 Å². The molecule has 0 unspecified atom stereocenters. The van der Waals surface area contributed by atoms with Crippen LogP contribution in [0.1, 0.15) is 12.5 Å². The molecule has 0 fully saturated rings. The molecular formula is C11H13NO2. The molecule has 0 heterocycles.